The molecular formula is C16H15F2N5O3S. The largest absolute Gasteiger partial charge is 0.461 e. The van der Waals surface area contributed by atoms with E-state index in [0.29, 0.717) is 5.52 Å². The highest BCUT2D eigenvalue weighted by atomic mass is 32.1. The van der Waals surface area contributed by atoms with Gasteiger partial charge in [-0.2, -0.15) is 5.10 Å². The van der Waals surface area contributed by atoms with E-state index in [4.69, 9.17) is 4.74 Å². The number of halogens is 2. The van der Waals surface area contributed by atoms with Gasteiger partial charge in [-0.05, 0) is 13.8 Å². The third kappa shape index (κ3) is 4.25. The number of hydrogen-bond donors (Lipinski definition) is 1. The van der Waals surface area contributed by atoms with Crippen molar-refractivity contribution < 1.29 is 23.1 Å². The maximum Gasteiger partial charge on any atom is 0.360 e. The molecule has 0 saturated heterocycles. The van der Waals surface area contributed by atoms with Gasteiger partial charge in [0.2, 0.25) is 0 Å². The van der Waals surface area contributed by atoms with Crippen LogP contribution in [0.15, 0.2) is 24.8 Å². The summed E-state index contributed by atoms with van der Waals surface area (Å²) in [7, 11) is 0. The zero-order valence-electron chi connectivity index (χ0n) is 14.4. The Balaban J connectivity index is 1.92. The van der Waals surface area contributed by atoms with Crippen molar-refractivity contribution in [1.29, 1.82) is 0 Å². The van der Waals surface area contributed by atoms with Crippen LogP contribution in [0.5, 0.6) is 0 Å². The highest BCUT2D eigenvalue weighted by Crippen LogP contribution is 2.30. The molecule has 3 heterocycles. The molecule has 0 atom stereocenters. The SMILES string of the molecule is CCOC(=O)c1nc(CC(C)(F)F)sc1NC(=O)c1cnn2ccncc12. The van der Waals surface area contributed by atoms with Crippen LogP contribution in [0, 0.1) is 0 Å². The summed E-state index contributed by atoms with van der Waals surface area (Å²) in [5.74, 6) is -4.36. The number of rotatable bonds is 6. The van der Waals surface area contributed by atoms with Crippen molar-refractivity contribution in [1.82, 2.24) is 19.6 Å². The Bertz CT molecular complexity index is 996. The van der Waals surface area contributed by atoms with Gasteiger partial charge in [-0.25, -0.2) is 23.1 Å². The summed E-state index contributed by atoms with van der Waals surface area (Å²) in [4.78, 5) is 32.6. The number of amides is 1. The molecule has 27 heavy (non-hydrogen) atoms. The van der Waals surface area contributed by atoms with E-state index in [1.165, 1.54) is 23.1 Å². The van der Waals surface area contributed by atoms with E-state index >= 15 is 0 Å². The number of nitrogens with one attached hydrogen (secondary N) is 1. The molecule has 1 amide bonds. The van der Waals surface area contributed by atoms with Gasteiger partial charge < -0.3 is 10.1 Å². The van der Waals surface area contributed by atoms with Crippen molar-refractivity contribution in [3.63, 3.8) is 0 Å². The Morgan fingerprint density at radius 2 is 2.15 bits per heavy atom. The van der Waals surface area contributed by atoms with Crippen LogP contribution in [0.2, 0.25) is 0 Å². The number of alkyl halides is 2. The van der Waals surface area contributed by atoms with Crippen LogP contribution in [0.25, 0.3) is 5.52 Å². The predicted molar refractivity (Wildman–Crippen MR) is 93.3 cm³/mol. The van der Waals surface area contributed by atoms with Gasteiger partial charge >= 0.3 is 5.97 Å². The average molecular weight is 395 g/mol. The first kappa shape index (κ1) is 18.8. The van der Waals surface area contributed by atoms with E-state index in [1.54, 1.807) is 13.1 Å². The quantitative estimate of drug-likeness (QED) is 0.645. The first-order valence-electron chi connectivity index (χ1n) is 7.92. The molecule has 3 rings (SSSR count). The van der Waals surface area contributed by atoms with E-state index in [2.05, 4.69) is 20.4 Å². The lowest BCUT2D eigenvalue weighted by molar-refractivity contribution is 0.0223. The summed E-state index contributed by atoms with van der Waals surface area (Å²) in [6.45, 7) is 2.45. The van der Waals surface area contributed by atoms with Crippen molar-refractivity contribution in [3.8, 4) is 0 Å². The molecule has 0 unspecified atom stereocenters. The van der Waals surface area contributed by atoms with Crippen molar-refractivity contribution >= 4 is 33.7 Å². The van der Waals surface area contributed by atoms with Crippen molar-refractivity contribution in [3.05, 3.63) is 41.1 Å². The fourth-order valence-electron chi connectivity index (χ4n) is 2.31. The van der Waals surface area contributed by atoms with Gasteiger partial charge in [0.05, 0.1) is 36.5 Å². The second-order valence-corrected chi connectivity index (χ2v) is 6.75. The average Bonchev–Trinajstić information content (AvgIpc) is 3.17. The number of esters is 1. The third-order valence-corrected chi connectivity index (χ3v) is 4.37. The van der Waals surface area contributed by atoms with E-state index in [1.807, 2.05) is 0 Å². The molecule has 0 saturated carbocycles. The molecule has 8 nitrogen and oxygen atoms in total. The standard InChI is InChI=1S/C16H15F2N5O3S/c1-3-26-15(25)12-14(27-11(21-12)6-16(2,17)18)22-13(24)9-7-20-23-5-4-19-8-10(9)23/h4-5,7-8H,3,6H2,1-2H3,(H,22,24). The number of nitrogens with zero attached hydrogens (tertiary/aromatic N) is 4. The van der Waals surface area contributed by atoms with E-state index in [-0.39, 0.29) is 27.9 Å². The van der Waals surface area contributed by atoms with Crippen molar-refractivity contribution in [2.75, 3.05) is 11.9 Å². The molecule has 0 radical (unpaired) electrons. The van der Waals surface area contributed by atoms with Crippen LogP contribution in [0.1, 0.15) is 39.7 Å². The van der Waals surface area contributed by atoms with Gasteiger partial charge in [-0.15, -0.1) is 11.3 Å². The monoisotopic (exact) mass is 395 g/mol. The molecule has 0 aliphatic rings. The van der Waals surface area contributed by atoms with Gasteiger partial charge in [0.1, 0.15) is 10.0 Å². The summed E-state index contributed by atoms with van der Waals surface area (Å²) in [5, 5.41) is 6.63. The highest BCUT2D eigenvalue weighted by molar-refractivity contribution is 7.16. The Hall–Kier alpha value is -2.95. The molecule has 0 aliphatic carbocycles. The number of carbonyl (C=O) groups is 2. The molecule has 0 aliphatic heterocycles. The molecule has 0 bridgehead atoms. The van der Waals surface area contributed by atoms with Crippen LogP contribution < -0.4 is 5.32 Å². The molecule has 142 valence electrons. The van der Waals surface area contributed by atoms with Crippen LogP contribution in [-0.4, -0.2) is 44.0 Å². The first-order valence-corrected chi connectivity index (χ1v) is 8.73. The smallest absolute Gasteiger partial charge is 0.360 e. The summed E-state index contributed by atoms with van der Waals surface area (Å²) in [6, 6.07) is 0. The lowest BCUT2D eigenvalue weighted by atomic mass is 10.2. The Morgan fingerprint density at radius 3 is 2.85 bits per heavy atom. The number of carbonyl (C=O) groups excluding carboxylic acids is 2. The summed E-state index contributed by atoms with van der Waals surface area (Å²) in [5.41, 5.74) is 0.468. The van der Waals surface area contributed by atoms with Gasteiger partial charge in [0.15, 0.2) is 5.69 Å². The van der Waals surface area contributed by atoms with Gasteiger partial charge in [0.25, 0.3) is 11.8 Å². The molecule has 0 aromatic carbocycles. The normalized spacial score (nSPS) is 11.6. The van der Waals surface area contributed by atoms with Crippen LogP contribution >= 0.6 is 11.3 Å². The second-order valence-electron chi connectivity index (χ2n) is 5.67. The minimum absolute atomic E-state index is 0.0161. The number of thiazole rings is 1. The molecule has 0 fully saturated rings. The summed E-state index contributed by atoms with van der Waals surface area (Å²) >= 11 is 0.805. The summed E-state index contributed by atoms with van der Waals surface area (Å²) < 4.78 is 33.0. The van der Waals surface area contributed by atoms with Gasteiger partial charge in [-0.3, -0.25) is 9.78 Å². The zero-order chi connectivity index (χ0) is 19.6. The number of hydrogen-bond acceptors (Lipinski definition) is 7. The topological polar surface area (TPSA) is 98.5 Å². The number of anilines is 1. The maximum absolute atomic E-state index is 13.3. The molecule has 11 heteroatoms. The van der Waals surface area contributed by atoms with E-state index in [0.717, 1.165) is 18.3 Å². The lowest BCUT2D eigenvalue weighted by Crippen LogP contribution is -2.15. The van der Waals surface area contributed by atoms with E-state index in [9.17, 15) is 18.4 Å². The minimum atomic E-state index is -3.00. The van der Waals surface area contributed by atoms with Gasteiger partial charge in [0, 0.05) is 12.4 Å². The number of fused-ring (bicyclic) bond motifs is 1. The fourth-order valence-corrected chi connectivity index (χ4v) is 3.38. The zero-order valence-corrected chi connectivity index (χ0v) is 15.2. The van der Waals surface area contributed by atoms with Crippen LogP contribution in [0.4, 0.5) is 13.8 Å². The van der Waals surface area contributed by atoms with E-state index < -0.39 is 24.2 Å². The molecule has 0 spiro atoms. The fraction of sp³-hybridized carbons (Fsp3) is 0.312. The molecule has 1 N–H and O–H groups in total. The maximum atomic E-state index is 13.3. The Morgan fingerprint density at radius 1 is 1.37 bits per heavy atom. The Labute approximate surface area is 156 Å². The van der Waals surface area contributed by atoms with Gasteiger partial charge in [-0.1, -0.05) is 0 Å². The number of ether oxygens (including phenoxy) is 1. The van der Waals surface area contributed by atoms with Crippen LogP contribution in [-0.2, 0) is 11.2 Å². The van der Waals surface area contributed by atoms with Crippen molar-refractivity contribution in [2.24, 2.45) is 0 Å². The third-order valence-electron chi connectivity index (χ3n) is 3.40. The Kier molecular flexibility index (Phi) is 5.13. The first-order chi connectivity index (χ1) is 12.8. The molecular weight excluding hydrogens is 380 g/mol. The van der Waals surface area contributed by atoms with Crippen LogP contribution in [0.3, 0.4) is 0 Å². The molecule has 3 aromatic rings. The van der Waals surface area contributed by atoms with Crippen molar-refractivity contribution in [2.45, 2.75) is 26.2 Å². The highest BCUT2D eigenvalue weighted by Gasteiger charge is 2.28. The predicted octanol–water partition coefficient (Wildman–Crippen LogP) is 2.81. The molecule has 3 aromatic heterocycles. The minimum Gasteiger partial charge on any atom is -0.461 e. The lowest BCUT2D eigenvalue weighted by Gasteiger charge is -2.05. The second kappa shape index (κ2) is 7.35. The number of aromatic nitrogens is 4. The summed E-state index contributed by atoms with van der Waals surface area (Å²) in [6.07, 6.45) is 5.24.